The number of amides is 1. The number of rotatable bonds is 8. The Kier molecular flexibility index (Phi) is 7.72. The summed E-state index contributed by atoms with van der Waals surface area (Å²) in [6, 6.07) is 0.349. The van der Waals surface area contributed by atoms with E-state index in [-0.39, 0.29) is 19.0 Å². The van der Waals surface area contributed by atoms with Gasteiger partial charge < -0.3 is 10.0 Å². The van der Waals surface area contributed by atoms with Crippen LogP contribution in [0.25, 0.3) is 0 Å². The quantitative estimate of drug-likeness (QED) is 0.746. The van der Waals surface area contributed by atoms with E-state index in [2.05, 4.69) is 0 Å². The van der Waals surface area contributed by atoms with Crippen molar-refractivity contribution >= 4 is 11.9 Å². The molecule has 0 bridgehead atoms. The van der Waals surface area contributed by atoms with Gasteiger partial charge >= 0.3 is 5.97 Å². The summed E-state index contributed by atoms with van der Waals surface area (Å²) < 4.78 is 0. The third kappa shape index (κ3) is 6.46. The van der Waals surface area contributed by atoms with Crippen LogP contribution in [0.5, 0.6) is 0 Å². The Balaban J connectivity index is 2.61. The van der Waals surface area contributed by atoms with Crippen LogP contribution in [0.2, 0.25) is 0 Å². The Bertz CT molecular complexity index is 338. The van der Waals surface area contributed by atoms with Gasteiger partial charge in [0.2, 0.25) is 5.91 Å². The molecule has 1 amide bonds. The third-order valence-electron chi connectivity index (χ3n) is 4.02. The van der Waals surface area contributed by atoms with Crippen molar-refractivity contribution in [3.8, 4) is 0 Å². The molecule has 0 radical (unpaired) electrons. The fraction of sp³-hybridized carbons (Fsp3) is 0.875. The van der Waals surface area contributed by atoms with Crippen LogP contribution in [-0.4, -0.2) is 59.0 Å². The van der Waals surface area contributed by atoms with Gasteiger partial charge in [-0.05, 0) is 25.7 Å². The molecule has 0 aromatic rings. The monoisotopic (exact) mass is 298 g/mol. The Morgan fingerprint density at radius 1 is 1.14 bits per heavy atom. The van der Waals surface area contributed by atoms with Crippen molar-refractivity contribution in [2.45, 2.75) is 58.9 Å². The lowest BCUT2D eigenvalue weighted by molar-refractivity contribution is -0.140. The number of nitrogens with zero attached hydrogens (tertiary/aromatic N) is 2. The summed E-state index contributed by atoms with van der Waals surface area (Å²) >= 11 is 0. The summed E-state index contributed by atoms with van der Waals surface area (Å²) in [7, 11) is 0. The van der Waals surface area contributed by atoms with Gasteiger partial charge in [-0.2, -0.15) is 0 Å². The lowest BCUT2D eigenvalue weighted by Crippen LogP contribution is -2.47. The molecule has 0 aromatic heterocycles. The number of carboxylic acid groups (broad SMARTS) is 1. The van der Waals surface area contributed by atoms with Gasteiger partial charge in [0.15, 0.2) is 0 Å². The van der Waals surface area contributed by atoms with Crippen molar-refractivity contribution in [2.24, 2.45) is 5.92 Å². The average molecular weight is 298 g/mol. The van der Waals surface area contributed by atoms with Crippen molar-refractivity contribution in [3.63, 3.8) is 0 Å². The van der Waals surface area contributed by atoms with E-state index in [0.717, 1.165) is 12.8 Å². The number of carbonyl (C=O) groups excluding carboxylic acids is 1. The first kappa shape index (κ1) is 18.0. The van der Waals surface area contributed by atoms with E-state index in [0.29, 0.717) is 25.0 Å². The molecule has 0 aromatic carbocycles. The molecule has 1 aliphatic carbocycles. The average Bonchev–Trinajstić information content (AvgIpc) is 2.39. The minimum atomic E-state index is -0.871. The van der Waals surface area contributed by atoms with Crippen LogP contribution >= 0.6 is 0 Å². The normalized spacial score (nSPS) is 16.4. The molecule has 1 saturated carbocycles. The highest BCUT2D eigenvalue weighted by Crippen LogP contribution is 2.22. The molecule has 1 fully saturated rings. The smallest absolute Gasteiger partial charge is 0.317 e. The van der Waals surface area contributed by atoms with E-state index in [9.17, 15) is 9.59 Å². The van der Waals surface area contributed by atoms with Crippen molar-refractivity contribution in [2.75, 3.05) is 26.2 Å². The summed E-state index contributed by atoms with van der Waals surface area (Å²) in [5, 5.41) is 8.99. The van der Waals surface area contributed by atoms with Crippen LogP contribution in [0.4, 0.5) is 0 Å². The maximum Gasteiger partial charge on any atom is 0.317 e. The molecule has 0 saturated heterocycles. The first-order chi connectivity index (χ1) is 9.93. The Morgan fingerprint density at radius 2 is 1.76 bits per heavy atom. The van der Waals surface area contributed by atoms with Crippen LogP contribution < -0.4 is 0 Å². The van der Waals surface area contributed by atoms with E-state index in [4.69, 9.17) is 5.11 Å². The second-order valence-electron chi connectivity index (χ2n) is 6.43. The van der Waals surface area contributed by atoms with Gasteiger partial charge in [0, 0.05) is 19.1 Å². The van der Waals surface area contributed by atoms with E-state index >= 15 is 0 Å². The minimum absolute atomic E-state index is 0.0634. The summed E-state index contributed by atoms with van der Waals surface area (Å²) in [4.78, 5) is 27.2. The lowest BCUT2D eigenvalue weighted by Gasteiger charge is -2.35. The SMILES string of the molecule is CCN(C(=O)CN(CC(=O)O)CC(C)C)C1CCCCC1. The molecule has 0 atom stereocenters. The van der Waals surface area contributed by atoms with Crippen LogP contribution in [-0.2, 0) is 9.59 Å². The molecule has 21 heavy (non-hydrogen) atoms. The predicted octanol–water partition coefficient (Wildman–Crippen LogP) is 2.21. The Labute approximate surface area is 128 Å². The topological polar surface area (TPSA) is 60.9 Å². The number of hydrogen-bond donors (Lipinski definition) is 1. The molecule has 1 N–H and O–H groups in total. The second-order valence-corrected chi connectivity index (χ2v) is 6.43. The fourth-order valence-corrected chi connectivity index (χ4v) is 3.21. The highest BCUT2D eigenvalue weighted by atomic mass is 16.4. The van der Waals surface area contributed by atoms with Crippen molar-refractivity contribution in [3.05, 3.63) is 0 Å². The fourth-order valence-electron chi connectivity index (χ4n) is 3.21. The van der Waals surface area contributed by atoms with Crippen LogP contribution in [0, 0.1) is 5.92 Å². The third-order valence-corrected chi connectivity index (χ3v) is 4.02. The molecular formula is C16H30N2O3. The van der Waals surface area contributed by atoms with E-state index < -0.39 is 5.97 Å². The van der Waals surface area contributed by atoms with Gasteiger partial charge in [-0.15, -0.1) is 0 Å². The largest absolute Gasteiger partial charge is 0.480 e. The van der Waals surface area contributed by atoms with Gasteiger partial charge in [-0.1, -0.05) is 33.1 Å². The molecule has 1 rings (SSSR count). The van der Waals surface area contributed by atoms with Crippen LogP contribution in [0.3, 0.4) is 0 Å². The zero-order chi connectivity index (χ0) is 15.8. The standard InChI is InChI=1S/C16H30N2O3/c1-4-18(14-8-6-5-7-9-14)15(19)11-17(10-13(2)3)12-16(20)21/h13-14H,4-12H2,1-3H3,(H,20,21). The van der Waals surface area contributed by atoms with Crippen molar-refractivity contribution in [1.29, 1.82) is 0 Å². The molecule has 122 valence electrons. The van der Waals surface area contributed by atoms with Crippen molar-refractivity contribution in [1.82, 2.24) is 9.80 Å². The molecule has 5 nitrogen and oxygen atoms in total. The number of carboxylic acids is 1. The molecule has 0 heterocycles. The Hall–Kier alpha value is -1.10. The second kappa shape index (κ2) is 9.03. The summed E-state index contributed by atoms with van der Waals surface area (Å²) in [6.45, 7) is 7.60. The molecule has 5 heteroatoms. The number of likely N-dealkylation sites (N-methyl/N-ethyl adjacent to an activating group) is 1. The first-order valence-electron chi connectivity index (χ1n) is 8.17. The Morgan fingerprint density at radius 3 is 2.24 bits per heavy atom. The van der Waals surface area contributed by atoms with Gasteiger partial charge in [0.1, 0.15) is 0 Å². The van der Waals surface area contributed by atoms with Crippen LogP contribution in [0.1, 0.15) is 52.9 Å². The zero-order valence-corrected chi connectivity index (χ0v) is 13.7. The molecule has 0 spiro atoms. The van der Waals surface area contributed by atoms with Gasteiger partial charge in [-0.25, -0.2) is 0 Å². The van der Waals surface area contributed by atoms with E-state index in [1.54, 1.807) is 4.90 Å². The molecular weight excluding hydrogens is 268 g/mol. The first-order valence-corrected chi connectivity index (χ1v) is 8.17. The number of carbonyl (C=O) groups is 2. The summed E-state index contributed by atoms with van der Waals surface area (Å²) in [5.41, 5.74) is 0. The number of aliphatic carboxylic acids is 1. The summed E-state index contributed by atoms with van der Waals surface area (Å²) in [6.07, 6.45) is 5.82. The lowest BCUT2D eigenvalue weighted by atomic mass is 9.94. The number of hydrogen-bond acceptors (Lipinski definition) is 3. The van der Waals surface area contributed by atoms with Gasteiger partial charge in [-0.3, -0.25) is 14.5 Å². The highest BCUT2D eigenvalue weighted by Gasteiger charge is 2.26. The summed E-state index contributed by atoms with van der Waals surface area (Å²) in [5.74, 6) is -0.447. The highest BCUT2D eigenvalue weighted by molar-refractivity contribution is 5.79. The maximum atomic E-state index is 12.5. The van der Waals surface area contributed by atoms with Crippen molar-refractivity contribution < 1.29 is 14.7 Å². The predicted molar refractivity (Wildman–Crippen MR) is 83.2 cm³/mol. The molecule has 1 aliphatic rings. The minimum Gasteiger partial charge on any atom is -0.480 e. The van der Waals surface area contributed by atoms with E-state index in [1.165, 1.54) is 19.3 Å². The van der Waals surface area contributed by atoms with Gasteiger partial charge in [0.25, 0.3) is 0 Å². The van der Waals surface area contributed by atoms with E-state index in [1.807, 2.05) is 25.7 Å². The molecule has 0 aliphatic heterocycles. The maximum absolute atomic E-state index is 12.5. The van der Waals surface area contributed by atoms with Crippen LogP contribution in [0.15, 0.2) is 0 Å². The zero-order valence-electron chi connectivity index (χ0n) is 13.7. The molecule has 0 unspecified atom stereocenters. The van der Waals surface area contributed by atoms with Gasteiger partial charge in [0.05, 0.1) is 13.1 Å².